The van der Waals surface area contributed by atoms with E-state index in [1.807, 2.05) is 0 Å². The van der Waals surface area contributed by atoms with Crippen LogP contribution in [0.2, 0.25) is 0 Å². The first-order chi connectivity index (χ1) is 11.2. The van der Waals surface area contributed by atoms with Crippen LogP contribution in [0.4, 0.5) is 0 Å². The topological polar surface area (TPSA) is 40.5 Å². The normalized spacial score (nSPS) is 10.2. The number of benzene rings is 1. The van der Waals surface area contributed by atoms with E-state index in [4.69, 9.17) is 10.2 Å². The largest absolute Gasteiger partial charge is 0.504 e. The molecule has 0 aliphatic heterocycles. The Morgan fingerprint density at radius 2 is 0.783 bits per heavy atom. The Balaban J connectivity index is 0.000000502. The number of phenols is 2. The molecule has 0 saturated heterocycles. The highest BCUT2D eigenvalue weighted by Crippen LogP contribution is 2.21. The van der Waals surface area contributed by atoms with E-state index in [9.17, 15) is 0 Å². The van der Waals surface area contributed by atoms with Crippen LogP contribution in [0.5, 0.6) is 11.5 Å². The van der Waals surface area contributed by atoms with Crippen LogP contribution in [0.3, 0.4) is 0 Å². The predicted octanol–water partition coefficient (Wildman–Crippen LogP) is 7.20. The van der Waals surface area contributed by atoms with Crippen LogP contribution in [0.15, 0.2) is 24.3 Å². The zero-order valence-corrected chi connectivity index (χ0v) is 15.4. The maximum Gasteiger partial charge on any atom is 0.157 e. The summed E-state index contributed by atoms with van der Waals surface area (Å²) in [7, 11) is 0. The van der Waals surface area contributed by atoms with Crippen LogP contribution in [0, 0.1) is 0 Å². The van der Waals surface area contributed by atoms with Crippen molar-refractivity contribution in [1.82, 2.24) is 0 Å². The van der Waals surface area contributed by atoms with E-state index in [2.05, 4.69) is 13.8 Å². The lowest BCUT2D eigenvalue weighted by Crippen LogP contribution is -1.82. The maximum atomic E-state index is 8.67. The third-order valence-corrected chi connectivity index (χ3v) is 4.09. The molecule has 2 nitrogen and oxygen atoms in total. The van der Waals surface area contributed by atoms with E-state index in [1.165, 1.54) is 95.6 Å². The molecule has 1 aromatic rings. The first-order valence-corrected chi connectivity index (χ1v) is 9.69. The van der Waals surface area contributed by atoms with Crippen molar-refractivity contribution in [3.8, 4) is 11.5 Å². The molecule has 23 heavy (non-hydrogen) atoms. The van der Waals surface area contributed by atoms with E-state index in [1.54, 1.807) is 12.1 Å². The fourth-order valence-electron chi connectivity index (χ4n) is 2.56. The Morgan fingerprint density at radius 1 is 0.522 bits per heavy atom. The molecule has 0 amide bonds. The van der Waals surface area contributed by atoms with Gasteiger partial charge in [-0.05, 0) is 12.1 Å². The molecular weight excluding hydrogens is 284 g/mol. The molecule has 0 bridgehead atoms. The minimum absolute atomic E-state index is 0.0764. The van der Waals surface area contributed by atoms with Crippen LogP contribution in [-0.2, 0) is 0 Å². The minimum Gasteiger partial charge on any atom is -0.504 e. The number of rotatable bonds is 12. The van der Waals surface area contributed by atoms with E-state index < -0.39 is 0 Å². The molecule has 0 aliphatic rings. The summed E-state index contributed by atoms with van der Waals surface area (Å²) in [6, 6.07) is 6.15. The van der Waals surface area contributed by atoms with Gasteiger partial charge in [0.25, 0.3) is 0 Å². The van der Waals surface area contributed by atoms with E-state index in [-0.39, 0.29) is 11.5 Å². The number of hydrogen-bond donors (Lipinski definition) is 2. The van der Waals surface area contributed by atoms with Crippen molar-refractivity contribution in [1.29, 1.82) is 0 Å². The monoisotopic (exact) mass is 322 g/mol. The van der Waals surface area contributed by atoms with Crippen molar-refractivity contribution in [2.75, 3.05) is 0 Å². The fraction of sp³-hybridized carbons (Fsp3) is 0.714. The van der Waals surface area contributed by atoms with Crippen molar-refractivity contribution in [2.24, 2.45) is 0 Å². The van der Waals surface area contributed by atoms with Crippen molar-refractivity contribution < 1.29 is 10.2 Å². The lowest BCUT2D eigenvalue weighted by molar-refractivity contribution is 0.404. The summed E-state index contributed by atoms with van der Waals surface area (Å²) in [5, 5.41) is 17.3. The molecule has 134 valence electrons. The van der Waals surface area contributed by atoms with Crippen molar-refractivity contribution in [3.63, 3.8) is 0 Å². The quantitative estimate of drug-likeness (QED) is 0.315. The smallest absolute Gasteiger partial charge is 0.157 e. The first kappa shape index (κ1) is 21.8. The minimum atomic E-state index is -0.0764. The lowest BCUT2D eigenvalue weighted by atomic mass is 10.1. The molecule has 2 N–H and O–H groups in total. The zero-order valence-electron chi connectivity index (χ0n) is 15.4. The first-order valence-electron chi connectivity index (χ1n) is 9.69. The lowest BCUT2D eigenvalue weighted by Gasteiger charge is -2.01. The fourth-order valence-corrected chi connectivity index (χ4v) is 2.56. The van der Waals surface area contributed by atoms with Gasteiger partial charge in [-0.25, -0.2) is 0 Å². The molecule has 0 aliphatic carbocycles. The summed E-state index contributed by atoms with van der Waals surface area (Å²) in [5.74, 6) is -0.153. The summed E-state index contributed by atoms with van der Waals surface area (Å²) in [4.78, 5) is 0. The van der Waals surface area contributed by atoms with Gasteiger partial charge in [0.1, 0.15) is 0 Å². The van der Waals surface area contributed by atoms with Crippen LogP contribution in [0.25, 0.3) is 0 Å². The molecule has 0 spiro atoms. The molecule has 0 heterocycles. The summed E-state index contributed by atoms with van der Waals surface area (Å²) in [6.45, 7) is 4.58. The highest BCUT2D eigenvalue weighted by atomic mass is 16.3. The van der Waals surface area contributed by atoms with Crippen LogP contribution < -0.4 is 0 Å². The number of unbranched alkanes of at least 4 members (excludes halogenated alkanes) is 12. The highest BCUT2D eigenvalue weighted by molar-refractivity contribution is 5.36. The van der Waals surface area contributed by atoms with E-state index in [0.717, 1.165) is 0 Å². The van der Waals surface area contributed by atoms with Gasteiger partial charge in [-0.3, -0.25) is 0 Å². The van der Waals surface area contributed by atoms with Crippen LogP contribution in [0.1, 0.15) is 97.3 Å². The van der Waals surface area contributed by atoms with E-state index >= 15 is 0 Å². The van der Waals surface area contributed by atoms with Gasteiger partial charge < -0.3 is 10.2 Å². The molecule has 0 saturated carbocycles. The van der Waals surface area contributed by atoms with Gasteiger partial charge in [0.15, 0.2) is 11.5 Å². The van der Waals surface area contributed by atoms with E-state index in [0.29, 0.717) is 0 Å². The molecule has 0 aromatic heterocycles. The zero-order chi connectivity index (χ0) is 17.2. The molecule has 2 heteroatoms. The Kier molecular flexibility index (Phi) is 16.3. The number of hydrogen-bond acceptors (Lipinski definition) is 2. The Morgan fingerprint density at radius 3 is 1.00 bits per heavy atom. The third-order valence-electron chi connectivity index (χ3n) is 4.09. The second-order valence-corrected chi connectivity index (χ2v) is 6.38. The van der Waals surface area contributed by atoms with Gasteiger partial charge in [0.05, 0.1) is 0 Å². The summed E-state index contributed by atoms with van der Waals surface area (Å²) in [6.07, 6.45) is 18.9. The van der Waals surface area contributed by atoms with Gasteiger partial charge in [-0.2, -0.15) is 0 Å². The average Bonchev–Trinajstić information content (AvgIpc) is 2.56. The van der Waals surface area contributed by atoms with Gasteiger partial charge in [0.2, 0.25) is 0 Å². The molecule has 0 fully saturated rings. The molecule has 1 aromatic carbocycles. The maximum absolute atomic E-state index is 8.67. The number of aromatic hydroxyl groups is 2. The highest BCUT2D eigenvalue weighted by Gasteiger charge is 1.92. The Hall–Kier alpha value is -1.18. The summed E-state index contributed by atoms with van der Waals surface area (Å²) >= 11 is 0. The summed E-state index contributed by atoms with van der Waals surface area (Å²) in [5.41, 5.74) is 0. The summed E-state index contributed by atoms with van der Waals surface area (Å²) < 4.78 is 0. The Labute approximate surface area is 143 Å². The standard InChI is InChI=1S/C15H32.C6H6O2/c1-3-5-7-9-11-13-15-14-12-10-8-6-4-2;7-5-3-1-2-4-6(5)8/h3-15H2,1-2H3;1-4,7-8H. The number of phenolic OH excluding ortho intramolecular Hbond substituents is 2. The SMILES string of the molecule is CCCCCCCCCCCCCCC.Oc1ccccc1O. The van der Waals surface area contributed by atoms with Crippen molar-refractivity contribution in [2.45, 2.75) is 97.3 Å². The molecular formula is C21H38O2. The molecule has 0 radical (unpaired) electrons. The second-order valence-electron chi connectivity index (χ2n) is 6.38. The molecule has 1 rings (SSSR count). The molecule has 0 atom stereocenters. The van der Waals surface area contributed by atoms with Gasteiger partial charge in [0, 0.05) is 0 Å². The number of para-hydroxylation sites is 2. The van der Waals surface area contributed by atoms with Crippen molar-refractivity contribution >= 4 is 0 Å². The predicted molar refractivity (Wildman–Crippen MR) is 101 cm³/mol. The van der Waals surface area contributed by atoms with Crippen LogP contribution >= 0.6 is 0 Å². The van der Waals surface area contributed by atoms with Gasteiger partial charge in [-0.15, -0.1) is 0 Å². The van der Waals surface area contributed by atoms with Crippen LogP contribution in [-0.4, -0.2) is 10.2 Å². The van der Waals surface area contributed by atoms with Gasteiger partial charge >= 0.3 is 0 Å². The second kappa shape index (κ2) is 17.2. The van der Waals surface area contributed by atoms with Gasteiger partial charge in [-0.1, -0.05) is 109 Å². The van der Waals surface area contributed by atoms with Crippen molar-refractivity contribution in [3.05, 3.63) is 24.3 Å². The molecule has 0 unspecified atom stereocenters. The Bertz CT molecular complexity index is 316. The third kappa shape index (κ3) is 15.5. The average molecular weight is 323 g/mol.